The molecule has 0 atom stereocenters. The third-order valence-corrected chi connectivity index (χ3v) is 4.19. The largest absolute Gasteiger partial charge is 0.497 e. The predicted octanol–water partition coefficient (Wildman–Crippen LogP) is 3.45. The van der Waals surface area contributed by atoms with Crippen LogP contribution in [-0.2, 0) is 13.0 Å². The lowest BCUT2D eigenvalue weighted by atomic mass is 10.1. The summed E-state index contributed by atoms with van der Waals surface area (Å²) in [5, 5.41) is 8.07. The van der Waals surface area contributed by atoms with Crippen LogP contribution in [0.25, 0.3) is 11.5 Å². The second-order valence-electron chi connectivity index (χ2n) is 5.72. The molecule has 1 aliphatic rings. The first-order valence-corrected chi connectivity index (χ1v) is 7.99. The van der Waals surface area contributed by atoms with Crippen LogP contribution < -0.4 is 9.47 Å². The molecule has 1 heterocycles. The third-order valence-electron chi connectivity index (χ3n) is 4.19. The van der Waals surface area contributed by atoms with Crippen LogP contribution in [0.4, 0.5) is 0 Å². The number of nitrogens with zero attached hydrogens (tertiary/aromatic N) is 2. The number of methoxy groups -OCH3 is 1. The van der Waals surface area contributed by atoms with Gasteiger partial charge in [-0.2, -0.15) is 0 Å². The molecule has 6 nitrogen and oxygen atoms in total. The van der Waals surface area contributed by atoms with Gasteiger partial charge in [0, 0.05) is 23.1 Å². The quantitative estimate of drug-likeness (QED) is 0.710. The highest BCUT2D eigenvalue weighted by molar-refractivity contribution is 6.01. The average molecular weight is 336 g/mol. The molecule has 0 aliphatic heterocycles. The van der Waals surface area contributed by atoms with Crippen molar-refractivity contribution in [3.63, 3.8) is 0 Å². The van der Waals surface area contributed by atoms with Gasteiger partial charge in [0.2, 0.25) is 5.89 Å². The van der Waals surface area contributed by atoms with Gasteiger partial charge in [-0.15, -0.1) is 10.2 Å². The SMILES string of the molecule is COc1ccc(-c2nnc(COc3cccc4c3CCC4=O)o2)cc1. The molecule has 6 heteroatoms. The molecule has 3 aromatic rings. The van der Waals surface area contributed by atoms with Gasteiger partial charge in [0.15, 0.2) is 12.4 Å². The van der Waals surface area contributed by atoms with Crippen molar-refractivity contribution >= 4 is 5.78 Å². The fourth-order valence-electron chi connectivity index (χ4n) is 2.89. The number of carbonyl (C=O) groups excluding carboxylic acids is 1. The first-order chi connectivity index (χ1) is 12.2. The summed E-state index contributed by atoms with van der Waals surface area (Å²) in [4.78, 5) is 11.8. The molecule has 25 heavy (non-hydrogen) atoms. The number of ketones is 1. The topological polar surface area (TPSA) is 74.5 Å². The van der Waals surface area contributed by atoms with E-state index in [1.165, 1.54) is 0 Å². The van der Waals surface area contributed by atoms with E-state index in [-0.39, 0.29) is 12.4 Å². The van der Waals surface area contributed by atoms with Gasteiger partial charge >= 0.3 is 0 Å². The van der Waals surface area contributed by atoms with Crippen molar-refractivity contribution in [3.05, 3.63) is 59.5 Å². The number of hydrogen-bond acceptors (Lipinski definition) is 6. The highest BCUT2D eigenvalue weighted by atomic mass is 16.5. The summed E-state index contributed by atoms with van der Waals surface area (Å²) in [7, 11) is 1.62. The molecule has 2 aromatic carbocycles. The summed E-state index contributed by atoms with van der Waals surface area (Å²) < 4.78 is 16.6. The van der Waals surface area contributed by atoms with E-state index in [9.17, 15) is 4.79 Å². The van der Waals surface area contributed by atoms with E-state index in [4.69, 9.17) is 13.9 Å². The van der Waals surface area contributed by atoms with Gasteiger partial charge in [-0.25, -0.2) is 0 Å². The number of aromatic nitrogens is 2. The maximum Gasteiger partial charge on any atom is 0.254 e. The average Bonchev–Trinajstić information content (AvgIpc) is 3.28. The number of fused-ring (bicyclic) bond motifs is 1. The van der Waals surface area contributed by atoms with E-state index in [2.05, 4.69) is 10.2 Å². The maximum atomic E-state index is 11.8. The summed E-state index contributed by atoms with van der Waals surface area (Å²) in [5.74, 6) is 2.44. The van der Waals surface area contributed by atoms with Gasteiger partial charge < -0.3 is 13.9 Å². The van der Waals surface area contributed by atoms with Crippen LogP contribution in [0.1, 0.15) is 28.2 Å². The van der Waals surface area contributed by atoms with Gasteiger partial charge in [-0.1, -0.05) is 12.1 Å². The lowest BCUT2D eigenvalue weighted by molar-refractivity contribution is 0.0994. The molecule has 1 aliphatic carbocycles. The molecule has 0 amide bonds. The summed E-state index contributed by atoms with van der Waals surface area (Å²) >= 11 is 0. The van der Waals surface area contributed by atoms with Crippen LogP contribution in [-0.4, -0.2) is 23.1 Å². The van der Waals surface area contributed by atoms with Crippen molar-refractivity contribution in [1.29, 1.82) is 0 Å². The normalized spacial score (nSPS) is 12.9. The first-order valence-electron chi connectivity index (χ1n) is 7.99. The summed E-state index contributed by atoms with van der Waals surface area (Å²) in [6.07, 6.45) is 1.25. The van der Waals surface area contributed by atoms with Crippen molar-refractivity contribution in [2.45, 2.75) is 19.4 Å². The molecule has 0 radical (unpaired) electrons. The van der Waals surface area contributed by atoms with Crippen LogP contribution in [0.15, 0.2) is 46.9 Å². The lowest BCUT2D eigenvalue weighted by Crippen LogP contribution is -1.99. The molecule has 1 aromatic heterocycles. The molecule has 0 spiro atoms. The Hall–Kier alpha value is -3.15. The van der Waals surface area contributed by atoms with E-state index >= 15 is 0 Å². The molecule has 0 unspecified atom stereocenters. The van der Waals surface area contributed by atoms with E-state index in [1.807, 2.05) is 42.5 Å². The number of benzene rings is 2. The summed E-state index contributed by atoms with van der Waals surface area (Å²) in [5.41, 5.74) is 2.52. The van der Waals surface area contributed by atoms with Crippen LogP contribution in [0.3, 0.4) is 0 Å². The fraction of sp³-hybridized carbons (Fsp3) is 0.211. The molecular formula is C19H16N2O4. The minimum atomic E-state index is 0.161. The van der Waals surface area contributed by atoms with Crippen molar-refractivity contribution in [3.8, 4) is 23.0 Å². The highest BCUT2D eigenvalue weighted by Crippen LogP contribution is 2.31. The summed E-state index contributed by atoms with van der Waals surface area (Å²) in [6.45, 7) is 0.161. The number of ether oxygens (including phenoxy) is 2. The van der Waals surface area contributed by atoms with E-state index < -0.39 is 0 Å². The molecular weight excluding hydrogens is 320 g/mol. The fourth-order valence-corrected chi connectivity index (χ4v) is 2.89. The number of hydrogen-bond donors (Lipinski definition) is 0. The lowest BCUT2D eigenvalue weighted by Gasteiger charge is -2.08. The van der Waals surface area contributed by atoms with Gasteiger partial charge in [0.05, 0.1) is 7.11 Å². The minimum absolute atomic E-state index is 0.161. The van der Waals surface area contributed by atoms with Crippen molar-refractivity contribution in [1.82, 2.24) is 10.2 Å². The van der Waals surface area contributed by atoms with Crippen molar-refractivity contribution in [2.75, 3.05) is 7.11 Å². The molecule has 0 saturated heterocycles. The molecule has 0 fully saturated rings. The zero-order chi connectivity index (χ0) is 17.2. The molecule has 0 bridgehead atoms. The van der Waals surface area contributed by atoms with Gasteiger partial charge in [0.1, 0.15) is 11.5 Å². The zero-order valence-electron chi connectivity index (χ0n) is 13.7. The Morgan fingerprint density at radius 2 is 1.92 bits per heavy atom. The van der Waals surface area contributed by atoms with Gasteiger partial charge in [-0.05, 0) is 36.8 Å². The van der Waals surface area contributed by atoms with Gasteiger partial charge in [0.25, 0.3) is 5.89 Å². The molecule has 0 N–H and O–H groups in total. The second-order valence-corrected chi connectivity index (χ2v) is 5.72. The second kappa shape index (κ2) is 6.39. The number of Topliss-reactive ketones (excluding diaryl/α,β-unsaturated/α-hetero) is 1. The Kier molecular flexibility index (Phi) is 3.93. The predicted molar refractivity (Wildman–Crippen MR) is 89.7 cm³/mol. The third kappa shape index (κ3) is 2.98. The van der Waals surface area contributed by atoms with E-state index in [1.54, 1.807) is 7.11 Å². The summed E-state index contributed by atoms with van der Waals surface area (Å²) in [6, 6.07) is 12.9. The Balaban J connectivity index is 1.48. The molecule has 126 valence electrons. The number of carbonyl (C=O) groups is 1. The Labute approximate surface area is 144 Å². The van der Waals surface area contributed by atoms with Crippen molar-refractivity contribution < 1.29 is 18.7 Å². The molecule has 4 rings (SSSR count). The minimum Gasteiger partial charge on any atom is -0.497 e. The highest BCUT2D eigenvalue weighted by Gasteiger charge is 2.22. The monoisotopic (exact) mass is 336 g/mol. The zero-order valence-corrected chi connectivity index (χ0v) is 13.7. The van der Waals surface area contributed by atoms with E-state index in [0.717, 1.165) is 22.4 Å². The van der Waals surface area contributed by atoms with Crippen molar-refractivity contribution in [2.24, 2.45) is 0 Å². The van der Waals surface area contributed by atoms with Gasteiger partial charge in [-0.3, -0.25) is 4.79 Å². The standard InChI is InChI=1S/C19H16N2O4/c1-23-13-7-5-12(6-8-13)19-21-20-18(25-19)11-24-17-4-2-3-14-15(17)9-10-16(14)22/h2-8H,9-11H2,1H3. The number of rotatable bonds is 5. The Bertz CT molecular complexity index is 915. The Morgan fingerprint density at radius 3 is 2.72 bits per heavy atom. The molecule has 0 saturated carbocycles. The van der Waals surface area contributed by atoms with E-state index in [0.29, 0.717) is 30.4 Å². The maximum absolute atomic E-state index is 11.8. The first kappa shape index (κ1) is 15.4. The van der Waals surface area contributed by atoms with Crippen LogP contribution in [0.5, 0.6) is 11.5 Å². The van der Waals surface area contributed by atoms with Crippen LogP contribution in [0.2, 0.25) is 0 Å². The van der Waals surface area contributed by atoms with Crippen LogP contribution >= 0.6 is 0 Å². The smallest absolute Gasteiger partial charge is 0.254 e. The Morgan fingerprint density at radius 1 is 1.08 bits per heavy atom. The van der Waals surface area contributed by atoms with Crippen LogP contribution in [0, 0.1) is 0 Å².